The summed E-state index contributed by atoms with van der Waals surface area (Å²) < 4.78 is 5.85. The molecule has 1 heterocycles. The predicted octanol–water partition coefficient (Wildman–Crippen LogP) is 1.42. The average Bonchev–Trinajstić information content (AvgIpc) is 2.31. The van der Waals surface area contributed by atoms with Gasteiger partial charge in [0.05, 0.1) is 0 Å². The number of guanidine groups is 1. The van der Waals surface area contributed by atoms with Crippen LogP contribution in [-0.4, -0.2) is 30.1 Å². The standard InChI is InChI=1S/C12H17N3O/c13-12(14)15-8-6-11(7-9-15)16-10-4-2-1-3-5-10/h1-5,11H,6-9H2,(H3,13,14). The highest BCUT2D eigenvalue weighted by molar-refractivity contribution is 5.74. The Bertz CT molecular complexity index is 345. The number of nitrogens with one attached hydrogen (secondary N) is 1. The van der Waals surface area contributed by atoms with E-state index in [0.717, 1.165) is 31.7 Å². The zero-order valence-electron chi connectivity index (χ0n) is 9.23. The van der Waals surface area contributed by atoms with E-state index in [4.69, 9.17) is 15.9 Å². The van der Waals surface area contributed by atoms with Crippen molar-refractivity contribution in [1.29, 1.82) is 5.41 Å². The maximum Gasteiger partial charge on any atom is 0.188 e. The number of nitrogens with zero attached hydrogens (tertiary/aromatic N) is 1. The minimum atomic E-state index is 0.165. The monoisotopic (exact) mass is 219 g/mol. The summed E-state index contributed by atoms with van der Waals surface area (Å²) in [6.07, 6.45) is 2.10. The van der Waals surface area contributed by atoms with Crippen LogP contribution in [0.5, 0.6) is 5.75 Å². The lowest BCUT2D eigenvalue weighted by Crippen LogP contribution is -2.44. The molecule has 0 amide bonds. The van der Waals surface area contributed by atoms with Crippen LogP contribution in [0.1, 0.15) is 12.8 Å². The Morgan fingerprint density at radius 2 is 1.88 bits per heavy atom. The Kier molecular flexibility index (Phi) is 3.29. The van der Waals surface area contributed by atoms with E-state index in [1.807, 2.05) is 35.2 Å². The molecule has 4 heteroatoms. The Morgan fingerprint density at radius 3 is 2.44 bits per heavy atom. The van der Waals surface area contributed by atoms with Crippen LogP contribution in [0.4, 0.5) is 0 Å². The van der Waals surface area contributed by atoms with Crippen LogP contribution in [0.2, 0.25) is 0 Å². The van der Waals surface area contributed by atoms with Gasteiger partial charge in [-0.15, -0.1) is 0 Å². The normalized spacial score (nSPS) is 17.1. The molecular weight excluding hydrogens is 202 g/mol. The SMILES string of the molecule is N=C(N)N1CCC(Oc2ccccc2)CC1. The molecule has 1 aliphatic heterocycles. The second-order valence-electron chi connectivity index (χ2n) is 4.00. The molecule has 4 nitrogen and oxygen atoms in total. The number of ether oxygens (including phenoxy) is 1. The maximum absolute atomic E-state index is 7.34. The highest BCUT2D eigenvalue weighted by Gasteiger charge is 2.20. The molecule has 86 valence electrons. The fourth-order valence-electron chi connectivity index (χ4n) is 1.91. The number of piperidine rings is 1. The van der Waals surface area contributed by atoms with Gasteiger partial charge in [0.2, 0.25) is 0 Å². The molecule has 16 heavy (non-hydrogen) atoms. The third-order valence-electron chi connectivity index (χ3n) is 2.83. The summed E-state index contributed by atoms with van der Waals surface area (Å²) in [5.74, 6) is 1.09. The van der Waals surface area contributed by atoms with Gasteiger partial charge >= 0.3 is 0 Å². The molecule has 2 rings (SSSR count). The van der Waals surface area contributed by atoms with Gasteiger partial charge in [-0.1, -0.05) is 18.2 Å². The van der Waals surface area contributed by atoms with E-state index in [0.29, 0.717) is 0 Å². The summed E-state index contributed by atoms with van der Waals surface area (Å²) in [7, 11) is 0. The van der Waals surface area contributed by atoms with Crippen molar-refractivity contribution in [3.8, 4) is 5.75 Å². The van der Waals surface area contributed by atoms with Crippen molar-refractivity contribution in [3.05, 3.63) is 30.3 Å². The molecule has 1 aromatic rings. The topological polar surface area (TPSA) is 62.3 Å². The number of likely N-dealkylation sites (tertiary alicyclic amines) is 1. The zero-order valence-corrected chi connectivity index (χ0v) is 9.23. The third kappa shape index (κ3) is 2.66. The lowest BCUT2D eigenvalue weighted by molar-refractivity contribution is 0.130. The van der Waals surface area contributed by atoms with Gasteiger partial charge in [0, 0.05) is 25.9 Å². The van der Waals surface area contributed by atoms with Gasteiger partial charge in [0.1, 0.15) is 11.9 Å². The van der Waals surface area contributed by atoms with E-state index in [9.17, 15) is 0 Å². The Morgan fingerprint density at radius 1 is 1.25 bits per heavy atom. The van der Waals surface area contributed by atoms with Crippen LogP contribution in [0, 0.1) is 5.41 Å². The van der Waals surface area contributed by atoms with Crippen LogP contribution < -0.4 is 10.5 Å². The van der Waals surface area contributed by atoms with Crippen molar-refractivity contribution in [2.75, 3.05) is 13.1 Å². The molecular formula is C12H17N3O. The molecule has 0 radical (unpaired) electrons. The second-order valence-corrected chi connectivity index (χ2v) is 4.00. The lowest BCUT2D eigenvalue weighted by atomic mass is 10.1. The minimum absolute atomic E-state index is 0.165. The van der Waals surface area contributed by atoms with Crippen LogP contribution in [0.25, 0.3) is 0 Å². The molecule has 3 N–H and O–H groups in total. The van der Waals surface area contributed by atoms with Crippen LogP contribution in [-0.2, 0) is 0 Å². The quantitative estimate of drug-likeness (QED) is 0.584. The van der Waals surface area contributed by atoms with Crippen LogP contribution in [0.15, 0.2) is 30.3 Å². The van der Waals surface area contributed by atoms with Gasteiger partial charge in [0.15, 0.2) is 5.96 Å². The second kappa shape index (κ2) is 4.88. The molecule has 0 atom stereocenters. The molecule has 1 saturated heterocycles. The molecule has 0 spiro atoms. The van der Waals surface area contributed by atoms with Gasteiger partial charge in [-0.3, -0.25) is 5.41 Å². The van der Waals surface area contributed by atoms with Gasteiger partial charge in [-0.05, 0) is 12.1 Å². The minimum Gasteiger partial charge on any atom is -0.490 e. The number of hydrogen-bond acceptors (Lipinski definition) is 2. The molecule has 1 fully saturated rings. The maximum atomic E-state index is 7.34. The van der Waals surface area contributed by atoms with E-state index >= 15 is 0 Å². The smallest absolute Gasteiger partial charge is 0.188 e. The molecule has 0 saturated carbocycles. The van der Waals surface area contributed by atoms with E-state index < -0.39 is 0 Å². The van der Waals surface area contributed by atoms with Gasteiger partial charge < -0.3 is 15.4 Å². The molecule has 0 aliphatic carbocycles. The fraction of sp³-hybridized carbons (Fsp3) is 0.417. The first kappa shape index (κ1) is 10.8. The van der Waals surface area contributed by atoms with Gasteiger partial charge in [-0.25, -0.2) is 0 Å². The highest BCUT2D eigenvalue weighted by atomic mass is 16.5. The van der Waals surface area contributed by atoms with E-state index in [1.54, 1.807) is 0 Å². The van der Waals surface area contributed by atoms with Crippen molar-refractivity contribution < 1.29 is 4.74 Å². The van der Waals surface area contributed by atoms with Crippen molar-refractivity contribution in [1.82, 2.24) is 4.90 Å². The number of benzene rings is 1. The number of nitrogens with two attached hydrogens (primary N) is 1. The summed E-state index contributed by atoms with van der Waals surface area (Å²) in [6, 6.07) is 9.86. The van der Waals surface area contributed by atoms with Gasteiger partial charge in [-0.2, -0.15) is 0 Å². The Labute approximate surface area is 95.5 Å². The van der Waals surface area contributed by atoms with Crippen molar-refractivity contribution >= 4 is 5.96 Å². The number of rotatable bonds is 2. The summed E-state index contributed by atoms with van der Waals surface area (Å²) in [4.78, 5) is 1.88. The Balaban J connectivity index is 1.84. The van der Waals surface area contributed by atoms with Crippen molar-refractivity contribution in [2.24, 2.45) is 5.73 Å². The lowest BCUT2D eigenvalue weighted by Gasteiger charge is -2.32. The fourth-order valence-corrected chi connectivity index (χ4v) is 1.91. The summed E-state index contributed by atoms with van der Waals surface area (Å²) in [5, 5.41) is 7.34. The van der Waals surface area contributed by atoms with Crippen LogP contribution in [0.3, 0.4) is 0 Å². The molecule has 1 aliphatic rings. The molecule has 0 unspecified atom stereocenters. The first-order valence-electron chi connectivity index (χ1n) is 5.56. The molecule has 0 aromatic heterocycles. The summed E-state index contributed by atoms with van der Waals surface area (Å²) in [6.45, 7) is 1.62. The summed E-state index contributed by atoms with van der Waals surface area (Å²) in [5.41, 5.74) is 5.43. The van der Waals surface area contributed by atoms with E-state index in [1.165, 1.54) is 0 Å². The number of hydrogen-bond donors (Lipinski definition) is 2. The van der Waals surface area contributed by atoms with E-state index in [2.05, 4.69) is 0 Å². The third-order valence-corrected chi connectivity index (χ3v) is 2.83. The average molecular weight is 219 g/mol. The van der Waals surface area contributed by atoms with Crippen molar-refractivity contribution in [3.63, 3.8) is 0 Å². The first-order chi connectivity index (χ1) is 7.75. The Hall–Kier alpha value is -1.71. The van der Waals surface area contributed by atoms with Gasteiger partial charge in [0.25, 0.3) is 0 Å². The molecule has 1 aromatic carbocycles. The largest absolute Gasteiger partial charge is 0.490 e. The zero-order chi connectivity index (χ0) is 11.4. The summed E-state index contributed by atoms with van der Waals surface area (Å²) >= 11 is 0. The number of para-hydroxylation sites is 1. The van der Waals surface area contributed by atoms with E-state index in [-0.39, 0.29) is 12.1 Å². The first-order valence-corrected chi connectivity index (χ1v) is 5.56. The molecule has 0 bridgehead atoms. The predicted molar refractivity (Wildman–Crippen MR) is 63.6 cm³/mol. The highest BCUT2D eigenvalue weighted by Crippen LogP contribution is 2.18. The van der Waals surface area contributed by atoms with Crippen LogP contribution >= 0.6 is 0 Å². The van der Waals surface area contributed by atoms with Crippen molar-refractivity contribution in [2.45, 2.75) is 18.9 Å².